The third-order valence-electron chi connectivity index (χ3n) is 7.72. The van der Waals surface area contributed by atoms with E-state index in [1.807, 2.05) is 24.3 Å². The summed E-state index contributed by atoms with van der Waals surface area (Å²) in [5.74, 6) is 0.763. The highest BCUT2D eigenvalue weighted by Crippen LogP contribution is 2.58. The topological polar surface area (TPSA) is 92.5 Å². The van der Waals surface area contributed by atoms with Gasteiger partial charge in [-0.2, -0.15) is 0 Å². The van der Waals surface area contributed by atoms with Crippen molar-refractivity contribution < 1.29 is 10.2 Å². The van der Waals surface area contributed by atoms with Gasteiger partial charge in [0.1, 0.15) is 11.5 Å². The summed E-state index contributed by atoms with van der Waals surface area (Å²) >= 11 is 0. The van der Waals surface area contributed by atoms with E-state index in [2.05, 4.69) is 55.5 Å². The van der Waals surface area contributed by atoms with Crippen LogP contribution in [0.3, 0.4) is 0 Å². The minimum absolute atomic E-state index is 0.0567. The SMILES string of the molecule is CCC(C1(CN)C=CC=CC1c1ccc(O)cc1)C1(CN)C=CC=CC1c1ccc(O)cc1. The second-order valence-electron chi connectivity index (χ2n) is 9.22. The molecular weight excluding hydrogens is 408 g/mol. The zero-order valence-electron chi connectivity index (χ0n) is 19.1. The molecule has 0 amide bonds. The van der Waals surface area contributed by atoms with E-state index in [0.29, 0.717) is 13.1 Å². The monoisotopic (exact) mass is 442 g/mol. The van der Waals surface area contributed by atoms with Crippen molar-refractivity contribution in [3.63, 3.8) is 0 Å². The van der Waals surface area contributed by atoms with E-state index in [1.165, 1.54) is 0 Å². The minimum atomic E-state index is -0.357. The Morgan fingerprint density at radius 2 is 1.09 bits per heavy atom. The molecule has 2 aromatic carbocycles. The van der Waals surface area contributed by atoms with E-state index in [-0.39, 0.29) is 40.1 Å². The molecule has 33 heavy (non-hydrogen) atoms. The van der Waals surface area contributed by atoms with Crippen LogP contribution in [0.2, 0.25) is 0 Å². The van der Waals surface area contributed by atoms with Crippen LogP contribution in [-0.2, 0) is 0 Å². The van der Waals surface area contributed by atoms with Gasteiger partial charge in [0.25, 0.3) is 0 Å². The molecule has 4 heteroatoms. The number of benzene rings is 2. The van der Waals surface area contributed by atoms with Crippen molar-refractivity contribution in [2.75, 3.05) is 13.1 Å². The first-order chi connectivity index (χ1) is 16.0. The summed E-state index contributed by atoms with van der Waals surface area (Å²) in [4.78, 5) is 0. The van der Waals surface area contributed by atoms with Crippen LogP contribution in [0, 0.1) is 16.7 Å². The zero-order valence-corrected chi connectivity index (χ0v) is 19.1. The van der Waals surface area contributed by atoms with Crippen LogP contribution in [0.4, 0.5) is 0 Å². The van der Waals surface area contributed by atoms with Gasteiger partial charge >= 0.3 is 0 Å². The van der Waals surface area contributed by atoms with E-state index in [1.54, 1.807) is 24.3 Å². The van der Waals surface area contributed by atoms with Gasteiger partial charge in [0, 0.05) is 35.8 Å². The molecule has 0 saturated carbocycles. The van der Waals surface area contributed by atoms with Crippen molar-refractivity contribution in [3.8, 4) is 11.5 Å². The fraction of sp³-hybridized carbons (Fsp3) is 0.310. The summed E-state index contributed by atoms with van der Waals surface area (Å²) in [6.07, 6.45) is 18.3. The molecule has 0 heterocycles. The fourth-order valence-corrected chi connectivity index (χ4v) is 6.19. The van der Waals surface area contributed by atoms with Gasteiger partial charge in [-0.25, -0.2) is 0 Å². The van der Waals surface area contributed by atoms with E-state index in [9.17, 15) is 10.2 Å². The molecule has 172 valence electrons. The molecule has 0 spiro atoms. The van der Waals surface area contributed by atoms with E-state index >= 15 is 0 Å². The number of rotatable bonds is 7. The number of aromatic hydroxyl groups is 2. The van der Waals surface area contributed by atoms with Crippen LogP contribution in [0.5, 0.6) is 11.5 Å². The van der Waals surface area contributed by atoms with Crippen molar-refractivity contribution >= 4 is 0 Å². The molecule has 2 aliphatic carbocycles. The van der Waals surface area contributed by atoms with Gasteiger partial charge < -0.3 is 21.7 Å². The Bertz CT molecular complexity index is 982. The molecule has 4 rings (SSSR count). The predicted octanol–water partition coefficient (Wildman–Crippen LogP) is 5.13. The van der Waals surface area contributed by atoms with Crippen LogP contribution >= 0.6 is 0 Å². The van der Waals surface area contributed by atoms with Crippen molar-refractivity contribution in [2.45, 2.75) is 25.2 Å². The standard InChI is InChI=1S/C29H34N2O2/c1-2-27(28(19-30)17-5-3-7-25(28)21-9-13-23(32)14-10-21)29(20-31)18-6-4-8-26(29)22-11-15-24(33)16-12-22/h3-18,25-27,32-33H,2,19-20,30-31H2,1H3. The molecule has 0 fully saturated rings. The molecule has 6 N–H and O–H groups in total. The molecule has 0 radical (unpaired) electrons. The van der Waals surface area contributed by atoms with Crippen LogP contribution in [-0.4, -0.2) is 23.3 Å². The Kier molecular flexibility index (Phi) is 6.59. The highest BCUT2D eigenvalue weighted by atomic mass is 16.3. The average molecular weight is 443 g/mol. The quantitative estimate of drug-likeness (QED) is 0.478. The van der Waals surface area contributed by atoms with Gasteiger partial charge in [0.2, 0.25) is 0 Å². The predicted molar refractivity (Wildman–Crippen MR) is 135 cm³/mol. The van der Waals surface area contributed by atoms with Crippen molar-refractivity contribution in [1.29, 1.82) is 0 Å². The first kappa shape index (κ1) is 23.1. The number of allylic oxidation sites excluding steroid dienone is 6. The Hall–Kier alpha value is -3.08. The lowest BCUT2D eigenvalue weighted by Gasteiger charge is -2.54. The summed E-state index contributed by atoms with van der Waals surface area (Å²) in [6.45, 7) is 3.17. The molecule has 2 aromatic rings. The summed E-state index contributed by atoms with van der Waals surface area (Å²) < 4.78 is 0. The lowest BCUT2D eigenvalue weighted by molar-refractivity contribution is 0.0719. The largest absolute Gasteiger partial charge is 0.508 e. The van der Waals surface area contributed by atoms with Gasteiger partial charge in [-0.15, -0.1) is 0 Å². The van der Waals surface area contributed by atoms with E-state index < -0.39 is 0 Å². The molecule has 0 bridgehead atoms. The molecule has 0 saturated heterocycles. The lowest BCUT2D eigenvalue weighted by Crippen LogP contribution is -2.53. The first-order valence-electron chi connectivity index (χ1n) is 11.7. The number of nitrogens with two attached hydrogens (primary N) is 2. The van der Waals surface area contributed by atoms with Crippen LogP contribution in [0.25, 0.3) is 0 Å². The molecule has 0 aliphatic heterocycles. The first-order valence-corrected chi connectivity index (χ1v) is 11.7. The fourth-order valence-electron chi connectivity index (χ4n) is 6.19. The smallest absolute Gasteiger partial charge is 0.115 e. The summed E-state index contributed by atoms with van der Waals surface area (Å²) in [7, 11) is 0. The molecule has 4 unspecified atom stereocenters. The average Bonchev–Trinajstić information content (AvgIpc) is 2.86. The molecule has 2 aliphatic rings. The number of phenols is 2. The highest BCUT2D eigenvalue weighted by molar-refractivity contribution is 5.42. The normalized spacial score (nSPS) is 29.3. The van der Waals surface area contributed by atoms with Gasteiger partial charge in [-0.3, -0.25) is 0 Å². The molecular formula is C29H34N2O2. The molecule has 0 aromatic heterocycles. The molecule has 4 atom stereocenters. The Labute approximate surface area is 196 Å². The second kappa shape index (κ2) is 9.42. The van der Waals surface area contributed by atoms with Gasteiger partial charge in [0.15, 0.2) is 0 Å². The van der Waals surface area contributed by atoms with Crippen molar-refractivity contribution in [3.05, 3.63) is 108 Å². The van der Waals surface area contributed by atoms with Gasteiger partial charge in [-0.1, -0.05) is 86.2 Å². The van der Waals surface area contributed by atoms with Crippen LogP contribution in [0.15, 0.2) is 97.1 Å². The third-order valence-corrected chi connectivity index (χ3v) is 7.72. The maximum atomic E-state index is 9.85. The zero-order chi connectivity index (χ0) is 23.5. The highest BCUT2D eigenvalue weighted by Gasteiger charge is 2.53. The maximum Gasteiger partial charge on any atom is 0.115 e. The number of hydrogen-bond acceptors (Lipinski definition) is 4. The molecule has 4 nitrogen and oxygen atoms in total. The maximum absolute atomic E-state index is 9.85. The van der Waals surface area contributed by atoms with Crippen LogP contribution < -0.4 is 11.5 Å². The van der Waals surface area contributed by atoms with Gasteiger partial charge in [-0.05, 0) is 41.3 Å². The minimum Gasteiger partial charge on any atom is -0.508 e. The Morgan fingerprint density at radius 3 is 1.42 bits per heavy atom. The van der Waals surface area contributed by atoms with E-state index in [0.717, 1.165) is 17.5 Å². The third kappa shape index (κ3) is 3.94. The lowest BCUT2D eigenvalue weighted by atomic mass is 9.49. The van der Waals surface area contributed by atoms with Crippen LogP contribution in [0.1, 0.15) is 36.3 Å². The second-order valence-corrected chi connectivity index (χ2v) is 9.22. The van der Waals surface area contributed by atoms with Gasteiger partial charge in [0.05, 0.1) is 0 Å². The number of phenolic OH excluding ortho intramolecular Hbond substituents is 2. The Balaban J connectivity index is 1.86. The summed E-state index contributed by atoms with van der Waals surface area (Å²) in [5, 5.41) is 19.7. The number of hydrogen-bond donors (Lipinski definition) is 4. The van der Waals surface area contributed by atoms with Crippen molar-refractivity contribution in [2.24, 2.45) is 28.2 Å². The van der Waals surface area contributed by atoms with E-state index in [4.69, 9.17) is 11.5 Å². The van der Waals surface area contributed by atoms with Crippen molar-refractivity contribution in [1.82, 2.24) is 0 Å². The summed E-state index contributed by atoms with van der Waals surface area (Å²) in [6, 6.07) is 14.9. The summed E-state index contributed by atoms with van der Waals surface area (Å²) in [5.41, 5.74) is 14.8. The Morgan fingerprint density at radius 1 is 0.697 bits per heavy atom.